The number of benzene rings is 2. The number of esters is 1. The van der Waals surface area contributed by atoms with Gasteiger partial charge in [-0.3, -0.25) is 4.79 Å². The van der Waals surface area contributed by atoms with Crippen LogP contribution in [0.5, 0.6) is 0 Å². The molecule has 6 heteroatoms. The number of halogens is 1. The largest absolute Gasteiger partial charge is 0.466 e. The number of carbonyl (C=O) groups is 2. The lowest BCUT2D eigenvalue weighted by Crippen LogP contribution is -2.40. The molecule has 2 aromatic rings. The van der Waals surface area contributed by atoms with Gasteiger partial charge < -0.3 is 9.64 Å². The number of methoxy groups -OCH3 is 1. The van der Waals surface area contributed by atoms with Crippen molar-refractivity contribution >= 4 is 40.9 Å². The van der Waals surface area contributed by atoms with Crippen LogP contribution in [0.4, 0.5) is 5.69 Å². The summed E-state index contributed by atoms with van der Waals surface area (Å²) in [5, 5.41) is 0.495. The summed E-state index contributed by atoms with van der Waals surface area (Å²) in [5.74, 6) is -0.311. The van der Waals surface area contributed by atoms with E-state index in [1.54, 1.807) is 25.2 Å². The zero-order valence-corrected chi connectivity index (χ0v) is 16.1. The van der Waals surface area contributed by atoms with Gasteiger partial charge in [-0.2, -0.15) is 0 Å². The van der Waals surface area contributed by atoms with Crippen LogP contribution in [0.2, 0.25) is 5.02 Å². The van der Waals surface area contributed by atoms with Crippen molar-refractivity contribution in [2.24, 2.45) is 0 Å². The van der Waals surface area contributed by atoms with E-state index in [1.165, 1.54) is 23.8 Å². The molecule has 1 heterocycles. The Morgan fingerprint density at radius 2 is 1.96 bits per heavy atom. The molecular weight excluding hydrogens is 370 g/mol. The fourth-order valence-electron chi connectivity index (χ4n) is 3.09. The summed E-state index contributed by atoms with van der Waals surface area (Å²) in [6.07, 6.45) is 0. The predicted molar refractivity (Wildman–Crippen MR) is 105 cm³/mol. The molecule has 4 nitrogen and oxygen atoms in total. The second-order valence-electron chi connectivity index (χ2n) is 5.95. The lowest BCUT2D eigenvalue weighted by atomic mass is 9.92. The average molecular weight is 388 g/mol. The molecule has 1 aliphatic heterocycles. The van der Waals surface area contributed by atoms with Crippen LogP contribution in [0.25, 0.3) is 0 Å². The molecule has 26 heavy (non-hydrogen) atoms. The van der Waals surface area contributed by atoms with Gasteiger partial charge in [0.2, 0.25) is 0 Å². The van der Waals surface area contributed by atoms with E-state index in [2.05, 4.69) is 6.58 Å². The Balaban J connectivity index is 2.12. The third kappa shape index (κ3) is 2.91. The molecule has 0 saturated heterocycles. The van der Waals surface area contributed by atoms with Gasteiger partial charge in [0.05, 0.1) is 12.7 Å². The zero-order valence-electron chi connectivity index (χ0n) is 14.5. The van der Waals surface area contributed by atoms with Gasteiger partial charge >= 0.3 is 5.97 Å². The summed E-state index contributed by atoms with van der Waals surface area (Å²) in [5.41, 5.74) is 2.51. The Morgan fingerprint density at radius 3 is 2.62 bits per heavy atom. The van der Waals surface area contributed by atoms with Crippen LogP contribution in [0.15, 0.2) is 60.7 Å². The third-order valence-corrected chi connectivity index (χ3v) is 6.25. The minimum absolute atomic E-state index is 0.0961. The predicted octanol–water partition coefficient (Wildman–Crippen LogP) is 4.17. The number of hydrogen-bond donors (Lipinski definition) is 0. The zero-order chi connectivity index (χ0) is 18.9. The van der Waals surface area contributed by atoms with Crippen LogP contribution >= 0.6 is 23.4 Å². The highest BCUT2D eigenvalue weighted by atomic mass is 35.5. The normalized spacial score (nSPS) is 18.6. The van der Waals surface area contributed by atoms with E-state index < -0.39 is 10.7 Å². The molecule has 0 bridgehead atoms. The number of amides is 1. The lowest BCUT2D eigenvalue weighted by Gasteiger charge is -2.28. The molecule has 1 aliphatic rings. The molecule has 1 unspecified atom stereocenters. The van der Waals surface area contributed by atoms with Gasteiger partial charge in [0.15, 0.2) is 4.75 Å². The molecule has 0 aliphatic carbocycles. The van der Waals surface area contributed by atoms with E-state index in [-0.39, 0.29) is 11.5 Å². The first-order chi connectivity index (χ1) is 12.4. The molecule has 1 amide bonds. The topological polar surface area (TPSA) is 46.6 Å². The van der Waals surface area contributed by atoms with Crippen LogP contribution < -0.4 is 4.90 Å². The van der Waals surface area contributed by atoms with Crippen molar-refractivity contribution in [2.45, 2.75) is 10.5 Å². The molecule has 0 spiro atoms. The molecule has 134 valence electrons. The van der Waals surface area contributed by atoms with E-state index in [1.807, 2.05) is 30.3 Å². The quantitative estimate of drug-likeness (QED) is 0.570. The number of hydrogen-bond acceptors (Lipinski definition) is 4. The molecule has 1 atom stereocenters. The van der Waals surface area contributed by atoms with Gasteiger partial charge in [-0.15, -0.1) is 11.8 Å². The van der Waals surface area contributed by atoms with E-state index in [9.17, 15) is 9.59 Å². The van der Waals surface area contributed by atoms with Crippen molar-refractivity contribution in [3.63, 3.8) is 0 Å². The number of nitrogens with zero attached hydrogens (tertiary/aromatic N) is 1. The second kappa shape index (κ2) is 7.17. The fourth-order valence-corrected chi connectivity index (χ4v) is 4.68. The van der Waals surface area contributed by atoms with E-state index >= 15 is 0 Å². The number of rotatable bonds is 5. The first kappa shape index (κ1) is 18.5. The number of carbonyl (C=O) groups excluding carboxylic acids is 2. The van der Waals surface area contributed by atoms with Gasteiger partial charge in [-0.25, -0.2) is 4.79 Å². The Bertz CT molecular complexity index is 884. The molecular formula is C20H18ClNO3S. The van der Waals surface area contributed by atoms with E-state index in [0.29, 0.717) is 22.0 Å². The van der Waals surface area contributed by atoms with Crippen molar-refractivity contribution in [3.8, 4) is 0 Å². The van der Waals surface area contributed by atoms with Crippen molar-refractivity contribution < 1.29 is 14.3 Å². The van der Waals surface area contributed by atoms with Gasteiger partial charge in [0.1, 0.15) is 0 Å². The summed E-state index contributed by atoms with van der Waals surface area (Å²) < 4.78 is 3.61. The van der Waals surface area contributed by atoms with Crippen molar-refractivity contribution in [1.82, 2.24) is 0 Å². The molecule has 3 rings (SSSR count). The van der Waals surface area contributed by atoms with Crippen molar-refractivity contribution in [2.75, 3.05) is 19.1 Å². The Labute approximate surface area is 161 Å². The number of anilines is 1. The summed E-state index contributed by atoms with van der Waals surface area (Å²) in [6.45, 7) is 3.92. The maximum atomic E-state index is 13.3. The molecule has 0 saturated carbocycles. The minimum Gasteiger partial charge on any atom is -0.466 e. The average Bonchev–Trinajstić information content (AvgIpc) is 2.87. The first-order valence-electron chi connectivity index (χ1n) is 7.95. The maximum Gasteiger partial charge on any atom is 0.335 e. The van der Waals surface area contributed by atoms with Crippen LogP contribution in [0.3, 0.4) is 0 Å². The second-order valence-corrected chi connectivity index (χ2v) is 7.58. The van der Waals surface area contributed by atoms with Gasteiger partial charge in [0, 0.05) is 29.1 Å². The SMILES string of the molecule is C=C(C(=O)OC)C1(SCc2ccccc2)C(=O)N(C)c2ccc(Cl)cc21. The molecule has 0 N–H and O–H groups in total. The van der Waals surface area contributed by atoms with Crippen LogP contribution in [0, 0.1) is 0 Å². The summed E-state index contributed by atoms with van der Waals surface area (Å²) in [4.78, 5) is 27.1. The van der Waals surface area contributed by atoms with E-state index in [0.717, 1.165) is 5.56 Å². The molecule has 0 fully saturated rings. The Hall–Kier alpha value is -2.24. The summed E-state index contributed by atoms with van der Waals surface area (Å²) in [7, 11) is 2.97. The lowest BCUT2D eigenvalue weighted by molar-refractivity contribution is -0.137. The number of thioether (sulfide) groups is 1. The Morgan fingerprint density at radius 1 is 1.27 bits per heavy atom. The van der Waals surface area contributed by atoms with Gasteiger partial charge in [0.25, 0.3) is 5.91 Å². The summed E-state index contributed by atoms with van der Waals surface area (Å²) in [6, 6.07) is 15.0. The number of fused-ring (bicyclic) bond motifs is 1. The first-order valence-corrected chi connectivity index (χ1v) is 9.32. The third-order valence-electron chi connectivity index (χ3n) is 4.46. The van der Waals surface area contributed by atoms with E-state index in [4.69, 9.17) is 16.3 Å². The van der Waals surface area contributed by atoms with Crippen LogP contribution in [-0.2, 0) is 24.8 Å². The maximum absolute atomic E-state index is 13.3. The van der Waals surface area contributed by atoms with Crippen LogP contribution in [-0.4, -0.2) is 26.0 Å². The summed E-state index contributed by atoms with van der Waals surface area (Å²) >= 11 is 7.55. The standard InChI is InChI=1S/C20H18ClNO3S/c1-13(18(23)25-3)20(26-12-14-7-5-4-6-8-14)16-11-15(21)9-10-17(16)22(2)19(20)24/h4-11H,1,12H2,2-3H3. The fraction of sp³-hybridized carbons (Fsp3) is 0.200. The van der Waals surface area contributed by atoms with Crippen LogP contribution in [0.1, 0.15) is 11.1 Å². The highest BCUT2D eigenvalue weighted by molar-refractivity contribution is 8.00. The molecule has 0 radical (unpaired) electrons. The highest BCUT2D eigenvalue weighted by Crippen LogP contribution is 2.54. The molecule has 0 aromatic heterocycles. The Kier molecular flexibility index (Phi) is 5.12. The monoisotopic (exact) mass is 387 g/mol. The van der Waals surface area contributed by atoms with Crippen molar-refractivity contribution in [1.29, 1.82) is 0 Å². The smallest absolute Gasteiger partial charge is 0.335 e. The molecule has 2 aromatic carbocycles. The number of likely N-dealkylation sites (N-methyl/N-ethyl adjacent to an activating group) is 1. The van der Waals surface area contributed by atoms with Gasteiger partial charge in [-0.05, 0) is 23.8 Å². The number of ether oxygens (including phenoxy) is 1. The highest BCUT2D eigenvalue weighted by Gasteiger charge is 2.54. The van der Waals surface area contributed by atoms with Gasteiger partial charge in [-0.1, -0.05) is 48.5 Å². The minimum atomic E-state index is -1.27. The van der Waals surface area contributed by atoms with Crippen molar-refractivity contribution in [3.05, 3.63) is 76.8 Å².